The molecule has 0 radical (unpaired) electrons. The molecule has 0 aliphatic heterocycles. The number of sulfonamides is 1. The smallest absolute Gasteiger partial charge is 0.264 e. The van der Waals surface area contributed by atoms with E-state index in [2.05, 4.69) is 5.32 Å². The van der Waals surface area contributed by atoms with E-state index >= 15 is 0 Å². The minimum atomic E-state index is -4.08. The molecule has 1 N–H and O–H groups in total. The summed E-state index contributed by atoms with van der Waals surface area (Å²) in [5.41, 5.74) is 0.363. The predicted molar refractivity (Wildman–Crippen MR) is 127 cm³/mol. The van der Waals surface area contributed by atoms with Crippen LogP contribution < -0.4 is 23.8 Å². The first kappa shape index (κ1) is 24.7. The third kappa shape index (κ3) is 6.10. The number of hydrogen-bond donors (Lipinski definition) is 1. The fourth-order valence-electron chi connectivity index (χ4n) is 4.00. The van der Waals surface area contributed by atoms with Gasteiger partial charge in [-0.2, -0.15) is 0 Å². The largest absolute Gasteiger partial charge is 0.497 e. The SMILES string of the molecule is COc1ccc(N(CC(=O)NC2CCCCCC2)S(=O)(=O)c2ccc(OC)c(OC)c2)cc1. The van der Waals surface area contributed by atoms with Crippen LogP contribution in [0.5, 0.6) is 17.2 Å². The highest BCUT2D eigenvalue weighted by Crippen LogP contribution is 2.32. The molecule has 8 nitrogen and oxygen atoms in total. The lowest BCUT2D eigenvalue weighted by Crippen LogP contribution is -2.44. The number of methoxy groups -OCH3 is 3. The van der Waals surface area contributed by atoms with Gasteiger partial charge in [-0.15, -0.1) is 0 Å². The molecule has 1 fully saturated rings. The van der Waals surface area contributed by atoms with Crippen LogP contribution in [0, 0.1) is 0 Å². The van der Waals surface area contributed by atoms with E-state index in [9.17, 15) is 13.2 Å². The van der Waals surface area contributed by atoms with E-state index in [4.69, 9.17) is 14.2 Å². The zero-order valence-corrected chi connectivity index (χ0v) is 20.2. The molecule has 0 spiro atoms. The zero-order valence-electron chi connectivity index (χ0n) is 19.4. The summed E-state index contributed by atoms with van der Waals surface area (Å²) in [6, 6.07) is 11.0. The highest BCUT2D eigenvalue weighted by atomic mass is 32.2. The van der Waals surface area contributed by atoms with Crippen molar-refractivity contribution < 1.29 is 27.4 Å². The standard InChI is InChI=1S/C24H32N2O6S/c1-30-20-12-10-19(11-13-20)26(17-24(27)25-18-8-6-4-5-7-9-18)33(28,29)21-14-15-22(31-2)23(16-21)32-3/h10-16,18H,4-9,17H2,1-3H3,(H,25,27). The molecule has 2 aromatic carbocycles. The molecule has 1 aliphatic carbocycles. The molecule has 1 saturated carbocycles. The van der Waals surface area contributed by atoms with Gasteiger partial charge in [0.1, 0.15) is 12.3 Å². The van der Waals surface area contributed by atoms with E-state index in [1.165, 1.54) is 39.5 Å². The van der Waals surface area contributed by atoms with Gasteiger partial charge in [-0.3, -0.25) is 9.10 Å². The maximum Gasteiger partial charge on any atom is 0.264 e. The van der Waals surface area contributed by atoms with Gasteiger partial charge in [-0.05, 0) is 49.2 Å². The van der Waals surface area contributed by atoms with E-state index in [0.29, 0.717) is 17.2 Å². The number of carbonyl (C=O) groups excluding carboxylic acids is 1. The molecule has 0 atom stereocenters. The molecule has 9 heteroatoms. The van der Waals surface area contributed by atoms with Gasteiger partial charge in [0.25, 0.3) is 10.0 Å². The van der Waals surface area contributed by atoms with Gasteiger partial charge in [0.05, 0.1) is 31.9 Å². The number of rotatable bonds is 9. The molecule has 3 rings (SSSR count). The molecule has 1 aliphatic rings. The van der Waals surface area contributed by atoms with Crippen molar-refractivity contribution in [1.82, 2.24) is 5.32 Å². The van der Waals surface area contributed by atoms with Crippen LogP contribution in [0.4, 0.5) is 5.69 Å². The Morgan fingerprint density at radius 2 is 1.55 bits per heavy atom. The number of amides is 1. The van der Waals surface area contributed by atoms with Crippen LogP contribution in [0.3, 0.4) is 0 Å². The summed E-state index contributed by atoms with van der Waals surface area (Å²) in [4.78, 5) is 12.9. The van der Waals surface area contributed by atoms with Crippen LogP contribution in [-0.2, 0) is 14.8 Å². The van der Waals surface area contributed by atoms with Crippen molar-refractivity contribution in [2.45, 2.75) is 49.5 Å². The fraction of sp³-hybridized carbons (Fsp3) is 0.458. The maximum atomic E-state index is 13.7. The fourth-order valence-corrected chi connectivity index (χ4v) is 5.43. The summed E-state index contributed by atoms with van der Waals surface area (Å²) in [6.07, 6.45) is 6.29. The Bertz CT molecular complexity index is 1030. The predicted octanol–water partition coefficient (Wildman–Crippen LogP) is 3.75. The average molecular weight is 477 g/mol. The molecular formula is C24H32N2O6S. The number of nitrogens with one attached hydrogen (secondary N) is 1. The van der Waals surface area contributed by atoms with Crippen molar-refractivity contribution in [3.8, 4) is 17.2 Å². The highest BCUT2D eigenvalue weighted by molar-refractivity contribution is 7.92. The van der Waals surface area contributed by atoms with E-state index < -0.39 is 10.0 Å². The van der Waals surface area contributed by atoms with Crippen LogP contribution >= 0.6 is 0 Å². The topological polar surface area (TPSA) is 94.2 Å². The van der Waals surface area contributed by atoms with Crippen LogP contribution in [0.2, 0.25) is 0 Å². The monoisotopic (exact) mass is 476 g/mol. The molecule has 180 valence electrons. The maximum absolute atomic E-state index is 13.7. The zero-order chi connectivity index (χ0) is 23.8. The van der Waals surface area contributed by atoms with Gasteiger partial charge < -0.3 is 19.5 Å². The summed E-state index contributed by atoms with van der Waals surface area (Å²) in [5, 5.41) is 3.03. The molecular weight excluding hydrogens is 444 g/mol. The Hall–Kier alpha value is -2.94. The normalized spacial score (nSPS) is 14.8. The summed E-state index contributed by atoms with van der Waals surface area (Å²) in [6.45, 7) is -0.334. The lowest BCUT2D eigenvalue weighted by Gasteiger charge is -2.26. The molecule has 0 bridgehead atoms. The van der Waals surface area contributed by atoms with Crippen LogP contribution in [0.15, 0.2) is 47.4 Å². The van der Waals surface area contributed by atoms with E-state index in [1.807, 2.05) is 0 Å². The second kappa shape index (κ2) is 11.3. The lowest BCUT2D eigenvalue weighted by atomic mass is 10.1. The number of ether oxygens (including phenoxy) is 3. The van der Waals surface area contributed by atoms with Crippen LogP contribution in [-0.4, -0.2) is 48.2 Å². The van der Waals surface area contributed by atoms with Crippen molar-refractivity contribution in [1.29, 1.82) is 0 Å². The number of carbonyl (C=O) groups is 1. The van der Waals surface area contributed by atoms with E-state index in [-0.39, 0.29) is 29.1 Å². The Morgan fingerprint density at radius 3 is 2.12 bits per heavy atom. The third-order valence-electron chi connectivity index (χ3n) is 5.81. The summed E-state index contributed by atoms with van der Waals surface area (Å²) >= 11 is 0. The quantitative estimate of drug-likeness (QED) is 0.554. The van der Waals surface area contributed by atoms with Crippen molar-refractivity contribution in [3.05, 3.63) is 42.5 Å². The Morgan fingerprint density at radius 1 is 0.909 bits per heavy atom. The Balaban J connectivity index is 1.92. The van der Waals surface area contributed by atoms with Gasteiger partial charge in [-0.1, -0.05) is 25.7 Å². The molecule has 0 aromatic heterocycles. The van der Waals surface area contributed by atoms with Gasteiger partial charge in [0, 0.05) is 12.1 Å². The molecule has 33 heavy (non-hydrogen) atoms. The summed E-state index contributed by atoms with van der Waals surface area (Å²) in [7, 11) is 0.377. The summed E-state index contributed by atoms with van der Waals surface area (Å²) in [5.74, 6) is 0.960. The lowest BCUT2D eigenvalue weighted by molar-refractivity contribution is -0.120. The molecule has 2 aromatic rings. The minimum absolute atomic E-state index is 0.00163. The van der Waals surface area contributed by atoms with Crippen molar-refractivity contribution >= 4 is 21.6 Å². The number of nitrogens with zero attached hydrogens (tertiary/aromatic N) is 1. The number of benzene rings is 2. The van der Waals surface area contributed by atoms with Crippen molar-refractivity contribution in [2.75, 3.05) is 32.2 Å². The first-order valence-electron chi connectivity index (χ1n) is 11.1. The van der Waals surface area contributed by atoms with Gasteiger partial charge in [-0.25, -0.2) is 8.42 Å². The third-order valence-corrected chi connectivity index (χ3v) is 7.58. The Kier molecular flexibility index (Phi) is 8.43. The summed E-state index contributed by atoms with van der Waals surface area (Å²) < 4.78 is 44.1. The van der Waals surface area contributed by atoms with Crippen molar-refractivity contribution in [3.63, 3.8) is 0 Å². The molecule has 1 amide bonds. The van der Waals surface area contributed by atoms with E-state index in [1.54, 1.807) is 24.3 Å². The Labute approximate surface area is 195 Å². The van der Waals surface area contributed by atoms with Crippen LogP contribution in [0.1, 0.15) is 38.5 Å². The van der Waals surface area contributed by atoms with Gasteiger partial charge in [0.2, 0.25) is 5.91 Å². The van der Waals surface area contributed by atoms with Gasteiger partial charge >= 0.3 is 0 Å². The highest BCUT2D eigenvalue weighted by Gasteiger charge is 2.29. The molecule has 0 saturated heterocycles. The average Bonchev–Trinajstić information content (AvgIpc) is 3.10. The van der Waals surface area contributed by atoms with Gasteiger partial charge in [0.15, 0.2) is 11.5 Å². The molecule has 0 heterocycles. The van der Waals surface area contributed by atoms with Crippen molar-refractivity contribution in [2.24, 2.45) is 0 Å². The number of anilines is 1. The number of hydrogen-bond acceptors (Lipinski definition) is 6. The first-order chi connectivity index (χ1) is 15.9. The van der Waals surface area contributed by atoms with Crippen LogP contribution in [0.25, 0.3) is 0 Å². The molecule has 0 unspecified atom stereocenters. The second-order valence-electron chi connectivity index (χ2n) is 7.98. The van der Waals surface area contributed by atoms with E-state index in [0.717, 1.165) is 42.8 Å². The second-order valence-corrected chi connectivity index (χ2v) is 9.84. The minimum Gasteiger partial charge on any atom is -0.497 e. The first-order valence-corrected chi connectivity index (χ1v) is 12.5.